The molecule has 234 valence electrons. The molecular formula is C45H27N3O2. The van der Waals surface area contributed by atoms with Crippen LogP contribution in [0.15, 0.2) is 173 Å². The Bertz CT molecular complexity index is 2810. The molecule has 7 aromatic carbocycles. The lowest BCUT2D eigenvalue weighted by atomic mass is 9.96. The average molecular weight is 642 g/mol. The van der Waals surface area contributed by atoms with E-state index >= 15 is 0 Å². The van der Waals surface area contributed by atoms with Crippen LogP contribution in [0.25, 0.3) is 100 Å². The predicted octanol–water partition coefficient (Wildman–Crippen LogP) is 12.0. The average Bonchev–Trinajstić information content (AvgIpc) is 3.76. The van der Waals surface area contributed by atoms with Crippen LogP contribution in [0, 0.1) is 0 Å². The zero-order valence-electron chi connectivity index (χ0n) is 26.7. The number of aromatic nitrogens is 3. The van der Waals surface area contributed by atoms with Crippen LogP contribution in [-0.2, 0) is 0 Å². The molecule has 5 nitrogen and oxygen atoms in total. The van der Waals surface area contributed by atoms with Crippen LogP contribution in [0.2, 0.25) is 0 Å². The van der Waals surface area contributed by atoms with Crippen molar-refractivity contribution in [3.05, 3.63) is 164 Å². The zero-order chi connectivity index (χ0) is 33.0. The highest BCUT2D eigenvalue weighted by atomic mass is 16.3. The van der Waals surface area contributed by atoms with Crippen LogP contribution in [-0.4, -0.2) is 15.0 Å². The Labute approximate surface area is 287 Å². The van der Waals surface area contributed by atoms with Crippen molar-refractivity contribution in [3.8, 4) is 56.4 Å². The molecule has 0 aliphatic heterocycles. The fourth-order valence-electron chi connectivity index (χ4n) is 6.89. The van der Waals surface area contributed by atoms with E-state index < -0.39 is 0 Å². The molecule has 0 unspecified atom stereocenters. The lowest BCUT2D eigenvalue weighted by molar-refractivity contribution is 0.669. The normalized spacial score (nSPS) is 11.6. The van der Waals surface area contributed by atoms with Gasteiger partial charge in [-0.1, -0.05) is 109 Å². The van der Waals surface area contributed by atoms with Crippen LogP contribution in [0.4, 0.5) is 0 Å². The molecule has 0 fully saturated rings. The maximum atomic E-state index is 6.47. The molecule has 0 atom stereocenters. The Morgan fingerprint density at radius 1 is 0.300 bits per heavy atom. The molecule has 0 aliphatic carbocycles. The predicted molar refractivity (Wildman–Crippen MR) is 202 cm³/mol. The first-order chi connectivity index (χ1) is 24.7. The van der Waals surface area contributed by atoms with Crippen LogP contribution < -0.4 is 0 Å². The monoisotopic (exact) mass is 641 g/mol. The van der Waals surface area contributed by atoms with Crippen LogP contribution in [0.5, 0.6) is 0 Å². The summed E-state index contributed by atoms with van der Waals surface area (Å²) >= 11 is 0. The number of hydrogen-bond acceptors (Lipinski definition) is 5. The van der Waals surface area contributed by atoms with E-state index in [2.05, 4.69) is 91.0 Å². The Morgan fingerprint density at radius 2 is 0.820 bits per heavy atom. The first kappa shape index (κ1) is 28.2. The van der Waals surface area contributed by atoms with Gasteiger partial charge in [-0.15, -0.1) is 0 Å². The second kappa shape index (κ2) is 11.4. The van der Waals surface area contributed by atoms with Crippen molar-refractivity contribution < 1.29 is 8.83 Å². The summed E-state index contributed by atoms with van der Waals surface area (Å²) in [6.45, 7) is 0. The fraction of sp³-hybridized carbons (Fsp3) is 0. The van der Waals surface area contributed by atoms with E-state index in [9.17, 15) is 0 Å². The maximum absolute atomic E-state index is 6.47. The third-order valence-corrected chi connectivity index (χ3v) is 9.32. The van der Waals surface area contributed by atoms with E-state index in [1.165, 1.54) is 0 Å². The fourth-order valence-corrected chi connectivity index (χ4v) is 6.89. The van der Waals surface area contributed by atoms with E-state index in [0.717, 1.165) is 82.8 Å². The molecule has 3 heterocycles. The van der Waals surface area contributed by atoms with Crippen LogP contribution >= 0.6 is 0 Å². The molecule has 10 aromatic rings. The summed E-state index contributed by atoms with van der Waals surface area (Å²) < 4.78 is 12.6. The molecule has 5 heteroatoms. The summed E-state index contributed by atoms with van der Waals surface area (Å²) in [5.41, 5.74) is 10.2. The lowest BCUT2D eigenvalue weighted by Gasteiger charge is -2.12. The Balaban J connectivity index is 1.24. The molecule has 0 bridgehead atoms. The van der Waals surface area contributed by atoms with E-state index in [1.54, 1.807) is 0 Å². The van der Waals surface area contributed by atoms with Gasteiger partial charge in [0.25, 0.3) is 0 Å². The van der Waals surface area contributed by atoms with Crippen molar-refractivity contribution in [1.29, 1.82) is 0 Å². The van der Waals surface area contributed by atoms with Crippen molar-refractivity contribution in [1.82, 2.24) is 15.0 Å². The van der Waals surface area contributed by atoms with Crippen LogP contribution in [0.3, 0.4) is 0 Å². The molecule has 10 rings (SSSR count). The third kappa shape index (κ3) is 4.75. The SMILES string of the molecule is c1ccc(-c2cc(-c3ccccc3)cc(-c3nc(-c4ccc5oc6ccccc6c5c4)nc(-c4cccc5c4oc4ccccc45)n3)c2)cc1. The lowest BCUT2D eigenvalue weighted by Crippen LogP contribution is -2.01. The van der Waals surface area contributed by atoms with Gasteiger partial charge < -0.3 is 8.83 Å². The van der Waals surface area contributed by atoms with Crippen molar-refractivity contribution in [2.45, 2.75) is 0 Å². The molecule has 0 spiro atoms. The number of hydrogen-bond donors (Lipinski definition) is 0. The highest BCUT2D eigenvalue weighted by Crippen LogP contribution is 2.38. The minimum absolute atomic E-state index is 0.540. The molecule has 0 N–H and O–H groups in total. The van der Waals surface area contributed by atoms with E-state index in [1.807, 2.05) is 72.8 Å². The second-order valence-electron chi connectivity index (χ2n) is 12.4. The van der Waals surface area contributed by atoms with Gasteiger partial charge in [0.05, 0.1) is 5.56 Å². The van der Waals surface area contributed by atoms with Gasteiger partial charge in [-0.3, -0.25) is 0 Å². The summed E-state index contributed by atoms with van der Waals surface area (Å²) in [5, 5.41) is 4.14. The Kier molecular flexibility index (Phi) is 6.42. The molecule has 3 aromatic heterocycles. The highest BCUT2D eigenvalue weighted by molar-refractivity contribution is 6.09. The molecule has 0 aliphatic rings. The summed E-state index contributed by atoms with van der Waals surface area (Å²) in [6.07, 6.45) is 0. The molecule has 0 amide bonds. The Morgan fingerprint density at radius 3 is 1.52 bits per heavy atom. The van der Waals surface area contributed by atoms with E-state index in [-0.39, 0.29) is 0 Å². The number of fused-ring (bicyclic) bond motifs is 6. The number of benzene rings is 7. The first-order valence-electron chi connectivity index (χ1n) is 16.6. The van der Waals surface area contributed by atoms with Crippen molar-refractivity contribution in [2.24, 2.45) is 0 Å². The molecule has 0 radical (unpaired) electrons. The number of para-hydroxylation sites is 3. The van der Waals surface area contributed by atoms with Crippen molar-refractivity contribution >= 4 is 43.9 Å². The minimum atomic E-state index is 0.540. The minimum Gasteiger partial charge on any atom is -0.456 e. The third-order valence-electron chi connectivity index (χ3n) is 9.32. The molecular weight excluding hydrogens is 615 g/mol. The zero-order valence-corrected chi connectivity index (χ0v) is 26.7. The van der Waals surface area contributed by atoms with Crippen molar-refractivity contribution in [3.63, 3.8) is 0 Å². The van der Waals surface area contributed by atoms with Gasteiger partial charge in [0, 0.05) is 32.7 Å². The number of nitrogens with zero attached hydrogens (tertiary/aromatic N) is 3. The van der Waals surface area contributed by atoms with Gasteiger partial charge in [-0.2, -0.15) is 0 Å². The van der Waals surface area contributed by atoms with Crippen molar-refractivity contribution in [2.75, 3.05) is 0 Å². The van der Waals surface area contributed by atoms with Gasteiger partial charge in [0.15, 0.2) is 17.5 Å². The number of furan rings is 2. The van der Waals surface area contributed by atoms with Gasteiger partial charge >= 0.3 is 0 Å². The largest absolute Gasteiger partial charge is 0.456 e. The van der Waals surface area contributed by atoms with E-state index in [0.29, 0.717) is 17.5 Å². The highest BCUT2D eigenvalue weighted by Gasteiger charge is 2.19. The van der Waals surface area contributed by atoms with Gasteiger partial charge in [0.2, 0.25) is 0 Å². The standard InChI is InChI=1S/C45H27N3O2/c1-3-12-28(13-4-1)31-24-32(29-14-5-2-6-15-29)26-33(25-31)44-46-43(30-22-23-41-38(27-30)35-17-8-9-20-39(35)49-41)47-45(48-44)37-19-11-18-36-34-16-7-10-21-40(34)50-42(36)37/h1-27H. The van der Waals surface area contributed by atoms with Gasteiger partial charge in [-0.25, -0.2) is 15.0 Å². The summed E-state index contributed by atoms with van der Waals surface area (Å²) in [7, 11) is 0. The first-order valence-corrected chi connectivity index (χ1v) is 16.6. The quantitative estimate of drug-likeness (QED) is 0.187. The molecule has 50 heavy (non-hydrogen) atoms. The van der Waals surface area contributed by atoms with Gasteiger partial charge in [0.1, 0.15) is 22.3 Å². The smallest absolute Gasteiger partial charge is 0.167 e. The second-order valence-corrected chi connectivity index (χ2v) is 12.4. The Hall–Kier alpha value is -6.85. The number of rotatable bonds is 5. The molecule has 0 saturated carbocycles. The summed E-state index contributed by atoms with van der Waals surface area (Å²) in [4.78, 5) is 15.5. The van der Waals surface area contributed by atoms with Crippen LogP contribution in [0.1, 0.15) is 0 Å². The topological polar surface area (TPSA) is 65.0 Å². The maximum Gasteiger partial charge on any atom is 0.167 e. The van der Waals surface area contributed by atoms with E-state index in [4.69, 9.17) is 23.8 Å². The summed E-state index contributed by atoms with van der Waals surface area (Å²) in [6, 6.07) is 55.9. The summed E-state index contributed by atoms with van der Waals surface area (Å²) in [5.74, 6) is 1.68. The van der Waals surface area contributed by atoms with Gasteiger partial charge in [-0.05, 0) is 76.9 Å². The molecule has 0 saturated heterocycles.